The molecule has 10 heteroatoms. The van der Waals surface area contributed by atoms with Crippen molar-refractivity contribution in [2.45, 2.75) is 11.8 Å². The number of nitrogens with one attached hydrogen (secondary N) is 1. The molecule has 160 valence electrons. The van der Waals surface area contributed by atoms with Crippen molar-refractivity contribution in [2.24, 2.45) is 5.10 Å². The lowest BCUT2D eigenvalue weighted by Gasteiger charge is -2.24. The average molecular weight is 477 g/mol. The number of hydrogen-bond donors (Lipinski definition) is 1. The Hall–Kier alpha value is -2.94. The number of benzene rings is 2. The molecule has 0 unspecified atom stereocenters. The monoisotopic (exact) mass is 476 g/mol. The van der Waals surface area contributed by atoms with Gasteiger partial charge in [-0.25, -0.2) is 13.8 Å². The molecule has 0 saturated heterocycles. The van der Waals surface area contributed by atoms with Gasteiger partial charge in [-0.2, -0.15) is 5.10 Å². The van der Waals surface area contributed by atoms with Gasteiger partial charge in [0.15, 0.2) is 0 Å². The van der Waals surface area contributed by atoms with E-state index in [1.807, 2.05) is 6.92 Å². The molecule has 0 spiro atoms. The lowest BCUT2D eigenvalue weighted by Crippen LogP contribution is -2.39. The van der Waals surface area contributed by atoms with Crippen molar-refractivity contribution in [3.63, 3.8) is 0 Å². The number of rotatable bonds is 7. The molecule has 0 radical (unpaired) electrons. The maximum atomic E-state index is 13.3. The number of hydrazone groups is 1. The van der Waals surface area contributed by atoms with E-state index in [2.05, 4.69) is 15.5 Å². The number of carbonyl (C=O) groups excluding carboxylic acids is 1. The first-order chi connectivity index (χ1) is 14.8. The van der Waals surface area contributed by atoms with E-state index in [0.29, 0.717) is 0 Å². The Bertz CT molecular complexity index is 1180. The first kappa shape index (κ1) is 22.7. The second-order valence-electron chi connectivity index (χ2n) is 6.53. The van der Waals surface area contributed by atoms with Crippen molar-refractivity contribution in [1.82, 2.24) is 10.4 Å². The van der Waals surface area contributed by atoms with Crippen LogP contribution >= 0.6 is 23.2 Å². The minimum atomic E-state index is -4.08. The zero-order valence-corrected chi connectivity index (χ0v) is 18.7. The smallest absolute Gasteiger partial charge is 0.264 e. The van der Waals surface area contributed by atoms with Crippen LogP contribution < -0.4 is 9.73 Å². The van der Waals surface area contributed by atoms with Crippen LogP contribution in [-0.4, -0.2) is 32.1 Å². The molecule has 2 aromatic carbocycles. The summed E-state index contributed by atoms with van der Waals surface area (Å²) >= 11 is 12.1. The summed E-state index contributed by atoms with van der Waals surface area (Å²) in [5.74, 6) is -0.642. The van der Waals surface area contributed by atoms with E-state index in [0.717, 1.165) is 15.4 Å². The highest BCUT2D eigenvalue weighted by atomic mass is 35.5. The van der Waals surface area contributed by atoms with Gasteiger partial charge < -0.3 is 0 Å². The summed E-state index contributed by atoms with van der Waals surface area (Å²) in [6.45, 7) is 1.32. The Balaban J connectivity index is 1.89. The third-order valence-electron chi connectivity index (χ3n) is 4.14. The number of nitrogens with zero attached hydrogens (tertiary/aromatic N) is 3. The van der Waals surface area contributed by atoms with Gasteiger partial charge in [-0.15, -0.1) is 0 Å². The van der Waals surface area contributed by atoms with E-state index in [4.69, 9.17) is 23.2 Å². The summed E-state index contributed by atoms with van der Waals surface area (Å²) in [6, 6.07) is 14.0. The van der Waals surface area contributed by atoms with Gasteiger partial charge in [-0.05, 0) is 55.0 Å². The summed E-state index contributed by atoms with van der Waals surface area (Å²) in [5.41, 5.74) is 4.12. The molecule has 0 bridgehead atoms. The molecule has 0 saturated carbocycles. The predicted octanol–water partition coefficient (Wildman–Crippen LogP) is 4.04. The molecular formula is C21H18Cl2N4O3S. The fraction of sp³-hybridized carbons (Fsp3) is 0.0952. The first-order valence-electron chi connectivity index (χ1n) is 9.03. The average Bonchev–Trinajstić information content (AvgIpc) is 2.72. The highest BCUT2D eigenvalue weighted by Crippen LogP contribution is 2.29. The minimum absolute atomic E-state index is 0.0299. The largest absolute Gasteiger partial charge is 0.271 e. The lowest BCUT2D eigenvalue weighted by molar-refractivity contribution is -0.119. The third-order valence-corrected chi connectivity index (χ3v) is 6.36. The summed E-state index contributed by atoms with van der Waals surface area (Å²) in [4.78, 5) is 16.4. The van der Waals surface area contributed by atoms with Crippen molar-refractivity contribution in [3.8, 4) is 0 Å². The van der Waals surface area contributed by atoms with Crippen molar-refractivity contribution < 1.29 is 13.2 Å². The number of anilines is 1. The number of pyridine rings is 1. The quantitative estimate of drug-likeness (QED) is 0.411. The molecular weight excluding hydrogens is 459 g/mol. The molecule has 1 aromatic heterocycles. The molecule has 0 atom stereocenters. The van der Waals surface area contributed by atoms with Crippen LogP contribution in [0.1, 0.15) is 11.1 Å². The SMILES string of the molecule is Cc1ccc(S(=O)(=O)N(CC(=O)N/N=C\c2ccncc2)c2cc(Cl)cc(Cl)c2)cc1. The van der Waals surface area contributed by atoms with Crippen LogP contribution in [0.15, 0.2) is 77.0 Å². The zero-order valence-electron chi connectivity index (χ0n) is 16.4. The third kappa shape index (κ3) is 6.04. The van der Waals surface area contributed by atoms with Crippen LogP contribution in [0.25, 0.3) is 0 Å². The molecule has 0 aliphatic carbocycles. The fourth-order valence-electron chi connectivity index (χ4n) is 2.63. The Morgan fingerprint density at radius 1 is 1.06 bits per heavy atom. The molecule has 31 heavy (non-hydrogen) atoms. The van der Waals surface area contributed by atoms with Crippen LogP contribution in [0.4, 0.5) is 5.69 Å². The maximum absolute atomic E-state index is 13.3. The highest BCUT2D eigenvalue weighted by molar-refractivity contribution is 7.92. The highest BCUT2D eigenvalue weighted by Gasteiger charge is 2.27. The Morgan fingerprint density at radius 2 is 1.68 bits per heavy atom. The predicted molar refractivity (Wildman–Crippen MR) is 122 cm³/mol. The van der Waals surface area contributed by atoms with E-state index in [9.17, 15) is 13.2 Å². The van der Waals surface area contributed by atoms with E-state index in [-0.39, 0.29) is 20.6 Å². The molecule has 1 amide bonds. The van der Waals surface area contributed by atoms with Gasteiger partial charge in [0.25, 0.3) is 15.9 Å². The van der Waals surface area contributed by atoms with Crippen LogP contribution in [0.3, 0.4) is 0 Å². The molecule has 7 nitrogen and oxygen atoms in total. The van der Waals surface area contributed by atoms with Gasteiger partial charge in [-0.1, -0.05) is 40.9 Å². The fourth-order valence-corrected chi connectivity index (χ4v) is 4.55. The van der Waals surface area contributed by atoms with Crippen LogP contribution in [-0.2, 0) is 14.8 Å². The molecule has 3 rings (SSSR count). The standard InChI is InChI=1S/C21H18Cl2N4O3S/c1-15-2-4-20(5-3-15)31(29,30)27(19-11-17(22)10-18(23)12-19)14-21(28)26-25-13-16-6-8-24-9-7-16/h2-13H,14H2,1H3,(H,26,28)/b25-13-. The number of aryl methyl sites for hydroxylation is 1. The van der Waals surface area contributed by atoms with E-state index in [1.54, 1.807) is 36.7 Å². The second kappa shape index (κ2) is 9.91. The number of amides is 1. The summed E-state index contributed by atoms with van der Waals surface area (Å²) in [7, 11) is -4.08. The van der Waals surface area contributed by atoms with Crippen LogP contribution in [0.5, 0.6) is 0 Å². The van der Waals surface area contributed by atoms with Crippen molar-refractivity contribution >= 4 is 51.0 Å². The minimum Gasteiger partial charge on any atom is -0.271 e. The van der Waals surface area contributed by atoms with E-state index >= 15 is 0 Å². The van der Waals surface area contributed by atoms with Gasteiger partial charge in [0.2, 0.25) is 0 Å². The van der Waals surface area contributed by atoms with E-state index < -0.39 is 22.5 Å². The summed E-state index contributed by atoms with van der Waals surface area (Å²) < 4.78 is 27.6. The van der Waals surface area contributed by atoms with Crippen LogP contribution in [0.2, 0.25) is 10.0 Å². The number of carbonyl (C=O) groups is 1. The number of sulfonamides is 1. The van der Waals surface area contributed by atoms with Crippen LogP contribution in [0, 0.1) is 6.92 Å². The Labute approximate surface area is 190 Å². The molecule has 0 aliphatic rings. The van der Waals surface area contributed by atoms with Crippen molar-refractivity contribution in [2.75, 3.05) is 10.8 Å². The summed E-state index contributed by atoms with van der Waals surface area (Å²) in [5, 5.41) is 4.34. The second-order valence-corrected chi connectivity index (χ2v) is 9.26. The molecule has 0 aliphatic heterocycles. The number of halogens is 2. The Kier molecular flexibility index (Phi) is 7.27. The normalized spacial score (nSPS) is 11.5. The zero-order chi connectivity index (χ0) is 22.4. The molecule has 1 heterocycles. The van der Waals surface area contributed by atoms with Gasteiger partial charge in [0.05, 0.1) is 16.8 Å². The van der Waals surface area contributed by atoms with Gasteiger partial charge in [-0.3, -0.25) is 14.1 Å². The van der Waals surface area contributed by atoms with Crippen molar-refractivity contribution in [1.29, 1.82) is 0 Å². The van der Waals surface area contributed by atoms with E-state index in [1.165, 1.54) is 36.5 Å². The molecule has 0 fully saturated rings. The molecule has 3 aromatic rings. The topological polar surface area (TPSA) is 91.7 Å². The number of aromatic nitrogens is 1. The molecule has 1 N–H and O–H groups in total. The maximum Gasteiger partial charge on any atom is 0.264 e. The Morgan fingerprint density at radius 3 is 2.29 bits per heavy atom. The summed E-state index contributed by atoms with van der Waals surface area (Å²) in [6.07, 6.45) is 4.60. The van der Waals surface area contributed by atoms with Gasteiger partial charge >= 0.3 is 0 Å². The van der Waals surface area contributed by atoms with Gasteiger partial charge in [0.1, 0.15) is 6.54 Å². The van der Waals surface area contributed by atoms with Crippen molar-refractivity contribution in [3.05, 3.63) is 88.2 Å². The number of hydrogen-bond acceptors (Lipinski definition) is 5. The lowest BCUT2D eigenvalue weighted by atomic mass is 10.2. The first-order valence-corrected chi connectivity index (χ1v) is 11.2. The van der Waals surface area contributed by atoms with Gasteiger partial charge in [0, 0.05) is 22.4 Å².